The fraction of sp³-hybridized carbons (Fsp3) is 0.148. The van der Waals surface area contributed by atoms with E-state index in [1.807, 2.05) is 6.07 Å². The second-order valence-electron chi connectivity index (χ2n) is 7.93. The SMILES string of the molecule is N#CCCN(CC(=O)O)C(=O)c1cccc(COc2ccc(-c3cc(F)c(F)c4ccoc34)cc2)c1. The number of ether oxygens (including phenoxy) is 1. The van der Waals surface area contributed by atoms with Crippen LogP contribution in [0.1, 0.15) is 22.3 Å². The summed E-state index contributed by atoms with van der Waals surface area (Å²) in [5.74, 6) is -3.08. The number of amides is 1. The van der Waals surface area contributed by atoms with E-state index >= 15 is 0 Å². The molecule has 1 aromatic heterocycles. The van der Waals surface area contributed by atoms with Crippen molar-refractivity contribution in [3.05, 3.63) is 89.7 Å². The van der Waals surface area contributed by atoms with Crippen LogP contribution in [0, 0.1) is 23.0 Å². The van der Waals surface area contributed by atoms with Crippen molar-refractivity contribution < 1.29 is 32.6 Å². The number of aliphatic carboxylic acids is 1. The zero-order valence-electron chi connectivity index (χ0n) is 18.9. The van der Waals surface area contributed by atoms with Crippen LogP contribution in [0.4, 0.5) is 8.78 Å². The van der Waals surface area contributed by atoms with E-state index < -0.39 is 30.1 Å². The zero-order valence-corrected chi connectivity index (χ0v) is 18.9. The summed E-state index contributed by atoms with van der Waals surface area (Å²) in [5.41, 5.74) is 2.24. The van der Waals surface area contributed by atoms with Gasteiger partial charge < -0.3 is 19.2 Å². The molecule has 0 aliphatic rings. The van der Waals surface area contributed by atoms with Gasteiger partial charge in [-0.15, -0.1) is 0 Å². The number of carbonyl (C=O) groups is 2. The third-order valence-corrected chi connectivity index (χ3v) is 5.48. The molecule has 0 unspecified atom stereocenters. The molecule has 36 heavy (non-hydrogen) atoms. The maximum absolute atomic E-state index is 14.0. The predicted molar refractivity (Wildman–Crippen MR) is 126 cm³/mol. The second kappa shape index (κ2) is 10.7. The van der Waals surface area contributed by atoms with Crippen LogP contribution in [0.3, 0.4) is 0 Å². The highest BCUT2D eigenvalue weighted by atomic mass is 19.2. The number of benzene rings is 3. The molecule has 1 heterocycles. The van der Waals surface area contributed by atoms with Crippen LogP contribution in [0.2, 0.25) is 0 Å². The molecule has 1 amide bonds. The van der Waals surface area contributed by atoms with E-state index in [-0.39, 0.29) is 36.1 Å². The van der Waals surface area contributed by atoms with Crippen LogP contribution in [0.25, 0.3) is 22.1 Å². The molecule has 0 radical (unpaired) electrons. The van der Waals surface area contributed by atoms with Crippen LogP contribution < -0.4 is 4.74 Å². The van der Waals surface area contributed by atoms with Gasteiger partial charge in [0.15, 0.2) is 11.6 Å². The standard InChI is InChI=1S/C27H20F2N2O5/c28-23-14-22(26-21(25(23)29)9-12-35-26)18-5-7-20(8-6-18)36-16-17-3-1-4-19(13-17)27(34)31(11-2-10-30)15-24(32)33/h1,3-9,12-14H,2,11,15-16H2,(H,32,33). The molecule has 0 spiro atoms. The van der Waals surface area contributed by atoms with Crippen LogP contribution in [-0.2, 0) is 11.4 Å². The first kappa shape index (κ1) is 24.4. The van der Waals surface area contributed by atoms with Crippen molar-refractivity contribution in [3.63, 3.8) is 0 Å². The molecule has 0 saturated carbocycles. The highest BCUT2D eigenvalue weighted by Crippen LogP contribution is 2.33. The van der Waals surface area contributed by atoms with Gasteiger partial charge in [0.25, 0.3) is 5.91 Å². The molecule has 0 saturated heterocycles. The van der Waals surface area contributed by atoms with Crippen molar-refractivity contribution in [1.29, 1.82) is 5.26 Å². The maximum atomic E-state index is 14.0. The average molecular weight is 490 g/mol. The largest absolute Gasteiger partial charge is 0.489 e. The molecule has 7 nitrogen and oxygen atoms in total. The normalized spacial score (nSPS) is 10.7. The number of halogens is 2. The summed E-state index contributed by atoms with van der Waals surface area (Å²) in [6.45, 7) is -0.363. The molecule has 3 aromatic carbocycles. The molecular weight excluding hydrogens is 470 g/mol. The Morgan fingerprint density at radius 1 is 1.08 bits per heavy atom. The topological polar surface area (TPSA) is 104 Å². The molecule has 9 heteroatoms. The summed E-state index contributed by atoms with van der Waals surface area (Å²) in [6.07, 6.45) is 1.32. The zero-order chi connectivity index (χ0) is 25.7. The summed E-state index contributed by atoms with van der Waals surface area (Å²) in [4.78, 5) is 25.0. The number of hydrogen-bond donors (Lipinski definition) is 1. The van der Waals surface area contributed by atoms with Crippen molar-refractivity contribution in [2.24, 2.45) is 0 Å². The Morgan fingerprint density at radius 3 is 2.58 bits per heavy atom. The predicted octanol–water partition coefficient (Wildman–Crippen LogP) is 5.40. The Balaban J connectivity index is 1.46. The molecule has 4 aromatic rings. The molecule has 1 N–H and O–H groups in total. The Morgan fingerprint density at radius 2 is 1.86 bits per heavy atom. The first-order valence-electron chi connectivity index (χ1n) is 10.9. The molecule has 182 valence electrons. The lowest BCUT2D eigenvalue weighted by Gasteiger charge is -2.19. The summed E-state index contributed by atoms with van der Waals surface area (Å²) in [6, 6.07) is 17.7. The first-order valence-corrected chi connectivity index (χ1v) is 10.9. The molecule has 0 aliphatic carbocycles. The van der Waals surface area contributed by atoms with Gasteiger partial charge in [0.2, 0.25) is 0 Å². The van der Waals surface area contributed by atoms with Crippen LogP contribution in [0.5, 0.6) is 5.75 Å². The highest BCUT2D eigenvalue weighted by molar-refractivity contribution is 5.96. The van der Waals surface area contributed by atoms with Gasteiger partial charge in [-0.25, -0.2) is 8.78 Å². The van der Waals surface area contributed by atoms with E-state index in [9.17, 15) is 18.4 Å². The lowest BCUT2D eigenvalue weighted by molar-refractivity contribution is -0.137. The third-order valence-electron chi connectivity index (χ3n) is 5.48. The molecule has 0 bridgehead atoms. The number of rotatable bonds is 9. The van der Waals surface area contributed by atoms with Gasteiger partial charge in [-0.2, -0.15) is 5.26 Å². The average Bonchev–Trinajstić information content (AvgIpc) is 3.38. The monoisotopic (exact) mass is 490 g/mol. The van der Waals surface area contributed by atoms with Crippen molar-refractivity contribution in [1.82, 2.24) is 4.90 Å². The Bertz CT molecular complexity index is 1460. The fourth-order valence-electron chi connectivity index (χ4n) is 3.76. The maximum Gasteiger partial charge on any atom is 0.323 e. The van der Waals surface area contributed by atoms with Gasteiger partial charge in [-0.05, 0) is 47.5 Å². The van der Waals surface area contributed by atoms with Crippen LogP contribution >= 0.6 is 0 Å². The number of fused-ring (bicyclic) bond motifs is 1. The van der Waals surface area contributed by atoms with Crippen LogP contribution in [-0.4, -0.2) is 35.0 Å². The number of furan rings is 1. The van der Waals surface area contributed by atoms with E-state index in [1.54, 1.807) is 48.5 Å². The van der Waals surface area contributed by atoms with Gasteiger partial charge in [0.1, 0.15) is 24.5 Å². The van der Waals surface area contributed by atoms with Crippen molar-refractivity contribution in [3.8, 4) is 22.9 Å². The smallest absolute Gasteiger partial charge is 0.323 e. The van der Waals surface area contributed by atoms with Crippen molar-refractivity contribution >= 4 is 22.8 Å². The van der Waals surface area contributed by atoms with E-state index in [2.05, 4.69) is 0 Å². The second-order valence-corrected chi connectivity index (χ2v) is 7.93. The number of carbonyl (C=O) groups excluding carboxylic acids is 1. The minimum Gasteiger partial charge on any atom is -0.489 e. The fourth-order valence-corrected chi connectivity index (χ4v) is 3.76. The summed E-state index contributed by atoms with van der Waals surface area (Å²) < 4.78 is 39.1. The van der Waals surface area contributed by atoms with E-state index in [1.165, 1.54) is 12.3 Å². The Labute approximate surface area is 204 Å². The molecule has 4 rings (SSSR count). The first-order chi connectivity index (χ1) is 17.4. The number of carboxylic acids is 1. The molecular formula is C27H20F2N2O5. The third kappa shape index (κ3) is 5.33. The highest BCUT2D eigenvalue weighted by Gasteiger charge is 2.19. The molecule has 0 aliphatic heterocycles. The van der Waals surface area contributed by atoms with E-state index in [4.69, 9.17) is 19.5 Å². The molecule has 0 fully saturated rings. The quantitative estimate of drug-likeness (QED) is 0.337. The van der Waals surface area contributed by atoms with Crippen molar-refractivity contribution in [2.45, 2.75) is 13.0 Å². The van der Waals surface area contributed by atoms with Gasteiger partial charge >= 0.3 is 5.97 Å². The molecule has 0 atom stereocenters. The number of nitrogens with zero attached hydrogens (tertiary/aromatic N) is 2. The number of carboxylic acid groups (broad SMARTS) is 1. The van der Waals surface area contributed by atoms with E-state index in [0.29, 0.717) is 22.4 Å². The number of nitriles is 1. The minimum absolute atomic E-state index is 0.0109. The number of hydrogen-bond acceptors (Lipinski definition) is 5. The van der Waals surface area contributed by atoms with Gasteiger partial charge in [-0.3, -0.25) is 9.59 Å². The minimum atomic E-state index is -1.17. The van der Waals surface area contributed by atoms with Gasteiger partial charge in [0.05, 0.1) is 24.1 Å². The van der Waals surface area contributed by atoms with Crippen LogP contribution in [0.15, 0.2) is 71.3 Å². The summed E-state index contributed by atoms with van der Waals surface area (Å²) in [7, 11) is 0. The van der Waals surface area contributed by atoms with Crippen molar-refractivity contribution in [2.75, 3.05) is 13.1 Å². The van der Waals surface area contributed by atoms with E-state index in [0.717, 1.165) is 11.0 Å². The lowest BCUT2D eigenvalue weighted by Crippen LogP contribution is -2.36. The van der Waals surface area contributed by atoms with Gasteiger partial charge in [0, 0.05) is 17.7 Å². The summed E-state index contributed by atoms with van der Waals surface area (Å²) in [5, 5.41) is 17.9. The van der Waals surface area contributed by atoms with Gasteiger partial charge in [-0.1, -0.05) is 24.3 Å². The Kier molecular flexibility index (Phi) is 7.25. The Hall–Kier alpha value is -4.71. The lowest BCUT2D eigenvalue weighted by atomic mass is 10.0. The summed E-state index contributed by atoms with van der Waals surface area (Å²) >= 11 is 0.